The van der Waals surface area contributed by atoms with Gasteiger partial charge in [-0.25, -0.2) is 0 Å². The van der Waals surface area contributed by atoms with Crippen LogP contribution in [0, 0.1) is 6.92 Å². The molecule has 1 saturated heterocycles. The van der Waals surface area contributed by atoms with Crippen molar-refractivity contribution in [3.8, 4) is 0 Å². The van der Waals surface area contributed by atoms with Gasteiger partial charge in [-0.2, -0.15) is 0 Å². The molecule has 22 heavy (non-hydrogen) atoms. The molecule has 6 nitrogen and oxygen atoms in total. The molecule has 0 radical (unpaired) electrons. The second kappa shape index (κ2) is 7.79. The number of nitrogens with zero attached hydrogens (tertiary/aromatic N) is 1. The monoisotopic (exact) mass is 305 g/mol. The summed E-state index contributed by atoms with van der Waals surface area (Å²) in [5.74, 6) is 0.0374. The molecule has 2 N–H and O–H groups in total. The summed E-state index contributed by atoms with van der Waals surface area (Å²) in [6, 6.07) is 5.63. The fourth-order valence-corrected chi connectivity index (χ4v) is 2.30. The van der Waals surface area contributed by atoms with E-state index in [1.54, 1.807) is 4.90 Å². The van der Waals surface area contributed by atoms with E-state index in [0.717, 1.165) is 16.9 Å². The lowest BCUT2D eigenvalue weighted by Gasteiger charge is -2.27. The smallest absolute Gasteiger partial charge is 0.242 e. The van der Waals surface area contributed by atoms with Crippen molar-refractivity contribution in [2.45, 2.75) is 20.3 Å². The van der Waals surface area contributed by atoms with Crippen molar-refractivity contribution < 1.29 is 14.3 Å². The van der Waals surface area contributed by atoms with Crippen LogP contribution in [-0.4, -0.2) is 49.6 Å². The standard InChI is InChI=1S/C16H23N3O3/c1-3-15(20)18-14-6-4-5-13(12(14)2)17-11-16(21)19-7-9-22-10-8-19/h4-6,17H,3,7-11H2,1-2H3,(H,18,20). The number of rotatable bonds is 5. The summed E-state index contributed by atoms with van der Waals surface area (Å²) in [6.45, 7) is 6.47. The van der Waals surface area contributed by atoms with E-state index in [4.69, 9.17) is 4.74 Å². The zero-order chi connectivity index (χ0) is 15.9. The quantitative estimate of drug-likeness (QED) is 0.867. The number of carbonyl (C=O) groups excluding carboxylic acids is 2. The van der Waals surface area contributed by atoms with Crippen molar-refractivity contribution in [1.29, 1.82) is 0 Å². The van der Waals surface area contributed by atoms with Gasteiger partial charge in [0, 0.05) is 30.9 Å². The molecule has 0 spiro atoms. The molecule has 1 aliphatic rings. The highest BCUT2D eigenvalue weighted by Crippen LogP contribution is 2.23. The maximum atomic E-state index is 12.1. The Balaban J connectivity index is 1.96. The highest BCUT2D eigenvalue weighted by atomic mass is 16.5. The first-order valence-electron chi connectivity index (χ1n) is 7.60. The number of carbonyl (C=O) groups is 2. The Morgan fingerprint density at radius 2 is 1.91 bits per heavy atom. The normalized spacial score (nSPS) is 14.5. The van der Waals surface area contributed by atoms with Crippen molar-refractivity contribution in [2.75, 3.05) is 43.5 Å². The minimum Gasteiger partial charge on any atom is -0.378 e. The van der Waals surface area contributed by atoms with E-state index in [9.17, 15) is 9.59 Å². The number of amides is 2. The number of anilines is 2. The maximum Gasteiger partial charge on any atom is 0.242 e. The van der Waals surface area contributed by atoms with Gasteiger partial charge in [-0.05, 0) is 24.6 Å². The zero-order valence-electron chi connectivity index (χ0n) is 13.1. The van der Waals surface area contributed by atoms with Crippen LogP contribution >= 0.6 is 0 Å². The van der Waals surface area contributed by atoms with Gasteiger partial charge in [0.15, 0.2) is 0 Å². The van der Waals surface area contributed by atoms with Gasteiger partial charge in [0.05, 0.1) is 19.8 Å². The Morgan fingerprint density at radius 3 is 2.59 bits per heavy atom. The van der Waals surface area contributed by atoms with E-state index in [0.29, 0.717) is 32.7 Å². The second-order valence-electron chi connectivity index (χ2n) is 5.23. The molecule has 6 heteroatoms. The number of hydrogen-bond acceptors (Lipinski definition) is 4. The SMILES string of the molecule is CCC(=O)Nc1cccc(NCC(=O)N2CCOCC2)c1C. The van der Waals surface area contributed by atoms with Crippen LogP contribution in [0.5, 0.6) is 0 Å². The lowest BCUT2D eigenvalue weighted by Crippen LogP contribution is -2.43. The first-order chi connectivity index (χ1) is 10.6. The van der Waals surface area contributed by atoms with Gasteiger partial charge in [0.1, 0.15) is 0 Å². The highest BCUT2D eigenvalue weighted by molar-refractivity contribution is 5.92. The maximum absolute atomic E-state index is 12.1. The van der Waals surface area contributed by atoms with Gasteiger partial charge in [-0.15, -0.1) is 0 Å². The predicted octanol–water partition coefficient (Wildman–Crippen LogP) is 1.61. The third kappa shape index (κ3) is 4.21. The summed E-state index contributed by atoms with van der Waals surface area (Å²) in [6.07, 6.45) is 0.437. The van der Waals surface area contributed by atoms with Crippen molar-refractivity contribution in [3.63, 3.8) is 0 Å². The van der Waals surface area contributed by atoms with E-state index in [1.807, 2.05) is 32.0 Å². The molecule has 1 aliphatic heterocycles. The third-order valence-electron chi connectivity index (χ3n) is 3.72. The van der Waals surface area contributed by atoms with Crippen LogP contribution in [0.25, 0.3) is 0 Å². The first-order valence-corrected chi connectivity index (χ1v) is 7.60. The molecule has 0 saturated carbocycles. The van der Waals surface area contributed by atoms with E-state index < -0.39 is 0 Å². The number of hydrogen-bond donors (Lipinski definition) is 2. The lowest BCUT2D eigenvalue weighted by molar-refractivity contribution is -0.133. The Hall–Kier alpha value is -2.08. The van der Waals surface area contributed by atoms with E-state index in [1.165, 1.54) is 0 Å². The largest absolute Gasteiger partial charge is 0.378 e. The summed E-state index contributed by atoms with van der Waals surface area (Å²) in [7, 11) is 0. The van der Waals surface area contributed by atoms with Crippen LogP contribution in [0.2, 0.25) is 0 Å². The van der Waals surface area contributed by atoms with Gasteiger partial charge >= 0.3 is 0 Å². The van der Waals surface area contributed by atoms with Crippen LogP contribution in [0.3, 0.4) is 0 Å². The fourth-order valence-electron chi connectivity index (χ4n) is 2.30. The number of nitrogens with one attached hydrogen (secondary N) is 2. The summed E-state index contributed by atoms with van der Waals surface area (Å²) in [5, 5.41) is 6.02. The molecule has 1 heterocycles. The molecule has 1 aromatic carbocycles. The Labute approximate surface area is 130 Å². The third-order valence-corrected chi connectivity index (χ3v) is 3.72. The van der Waals surface area contributed by atoms with E-state index >= 15 is 0 Å². The molecular formula is C16H23N3O3. The van der Waals surface area contributed by atoms with Crippen LogP contribution in [0.4, 0.5) is 11.4 Å². The highest BCUT2D eigenvalue weighted by Gasteiger charge is 2.16. The summed E-state index contributed by atoms with van der Waals surface area (Å²) in [4.78, 5) is 25.4. The molecule has 0 unspecified atom stereocenters. The van der Waals surface area contributed by atoms with Crippen molar-refractivity contribution >= 4 is 23.2 Å². The predicted molar refractivity (Wildman–Crippen MR) is 86.0 cm³/mol. The molecule has 1 fully saturated rings. The molecule has 2 rings (SSSR count). The van der Waals surface area contributed by atoms with Gasteiger partial charge < -0.3 is 20.3 Å². The first kappa shape index (κ1) is 16.3. The van der Waals surface area contributed by atoms with Gasteiger partial charge in [-0.3, -0.25) is 9.59 Å². The van der Waals surface area contributed by atoms with Crippen molar-refractivity contribution in [1.82, 2.24) is 4.90 Å². The minimum absolute atomic E-state index is 0.0235. The number of benzene rings is 1. The van der Waals surface area contributed by atoms with Crippen molar-refractivity contribution in [2.24, 2.45) is 0 Å². The van der Waals surface area contributed by atoms with Gasteiger partial charge in [0.2, 0.25) is 11.8 Å². The molecule has 120 valence electrons. The van der Waals surface area contributed by atoms with Crippen LogP contribution < -0.4 is 10.6 Å². The van der Waals surface area contributed by atoms with E-state index in [-0.39, 0.29) is 18.4 Å². The fraction of sp³-hybridized carbons (Fsp3) is 0.500. The summed E-state index contributed by atoms with van der Waals surface area (Å²) < 4.78 is 5.24. The average Bonchev–Trinajstić information content (AvgIpc) is 2.56. The second-order valence-corrected chi connectivity index (χ2v) is 5.23. The topological polar surface area (TPSA) is 70.7 Å². The number of ether oxygens (including phenoxy) is 1. The molecule has 0 aliphatic carbocycles. The molecule has 0 atom stereocenters. The molecular weight excluding hydrogens is 282 g/mol. The van der Waals surface area contributed by atoms with Crippen LogP contribution in [-0.2, 0) is 14.3 Å². The Bertz CT molecular complexity index is 539. The molecule has 0 bridgehead atoms. The zero-order valence-corrected chi connectivity index (χ0v) is 13.1. The van der Waals surface area contributed by atoms with Gasteiger partial charge in [-0.1, -0.05) is 13.0 Å². The molecule has 2 amide bonds. The van der Waals surface area contributed by atoms with Crippen LogP contribution in [0.15, 0.2) is 18.2 Å². The average molecular weight is 305 g/mol. The Morgan fingerprint density at radius 1 is 1.23 bits per heavy atom. The molecule has 1 aromatic rings. The van der Waals surface area contributed by atoms with Crippen molar-refractivity contribution in [3.05, 3.63) is 23.8 Å². The summed E-state index contributed by atoms with van der Waals surface area (Å²) in [5.41, 5.74) is 2.56. The lowest BCUT2D eigenvalue weighted by atomic mass is 10.1. The van der Waals surface area contributed by atoms with Crippen LogP contribution in [0.1, 0.15) is 18.9 Å². The molecule has 0 aromatic heterocycles. The summed E-state index contributed by atoms with van der Waals surface area (Å²) >= 11 is 0. The van der Waals surface area contributed by atoms with E-state index in [2.05, 4.69) is 10.6 Å². The Kier molecular flexibility index (Phi) is 5.77. The number of morpholine rings is 1. The minimum atomic E-state index is -0.0235. The van der Waals surface area contributed by atoms with Gasteiger partial charge in [0.25, 0.3) is 0 Å².